The van der Waals surface area contributed by atoms with Gasteiger partial charge in [0.2, 0.25) is 11.8 Å². The van der Waals surface area contributed by atoms with Crippen molar-refractivity contribution in [3.05, 3.63) is 68.1 Å². The van der Waals surface area contributed by atoms with Crippen LogP contribution in [-0.4, -0.2) is 24.7 Å². The van der Waals surface area contributed by atoms with Crippen LogP contribution in [0.25, 0.3) is 0 Å². The lowest BCUT2D eigenvalue weighted by Gasteiger charge is -2.25. The zero-order chi connectivity index (χ0) is 21.7. The van der Waals surface area contributed by atoms with Gasteiger partial charge in [0.05, 0.1) is 40.2 Å². The van der Waals surface area contributed by atoms with E-state index in [9.17, 15) is 14.9 Å². The summed E-state index contributed by atoms with van der Waals surface area (Å²) in [6, 6.07) is 14.6. The van der Waals surface area contributed by atoms with E-state index in [2.05, 4.69) is 32.6 Å². The summed E-state index contributed by atoms with van der Waals surface area (Å²) in [5.41, 5.74) is 1.76. The predicted molar refractivity (Wildman–Crippen MR) is 121 cm³/mol. The van der Waals surface area contributed by atoms with Gasteiger partial charge in [-0.15, -0.1) is 0 Å². The summed E-state index contributed by atoms with van der Waals surface area (Å²) >= 11 is 10.6. The second kappa shape index (κ2) is 10.0. The monoisotopic (exact) mass is 505 g/mol. The van der Waals surface area contributed by atoms with Gasteiger partial charge in [-0.2, -0.15) is 5.26 Å². The van der Waals surface area contributed by atoms with E-state index in [4.69, 9.17) is 16.3 Å². The molecule has 2 aromatic carbocycles. The highest BCUT2D eigenvalue weighted by Gasteiger charge is 2.30. The number of rotatable bonds is 6. The molecule has 1 heterocycles. The largest absolute Gasteiger partial charge is 0.497 e. The van der Waals surface area contributed by atoms with Gasteiger partial charge in [-0.05, 0) is 35.9 Å². The van der Waals surface area contributed by atoms with Crippen LogP contribution in [0.15, 0.2) is 57.5 Å². The summed E-state index contributed by atoms with van der Waals surface area (Å²) in [5, 5.41) is 16.0. The fourth-order valence-corrected chi connectivity index (χ4v) is 4.57. The Morgan fingerprint density at radius 1 is 1.37 bits per heavy atom. The number of benzene rings is 2. The summed E-state index contributed by atoms with van der Waals surface area (Å²) in [6.07, 6.45) is 0.167. The van der Waals surface area contributed by atoms with Crippen LogP contribution in [0.4, 0.5) is 5.69 Å². The molecular weight excluding hydrogens is 490 g/mol. The molecule has 0 fully saturated rings. The summed E-state index contributed by atoms with van der Waals surface area (Å²) in [6.45, 7) is 0. The van der Waals surface area contributed by atoms with Gasteiger partial charge < -0.3 is 15.4 Å². The first-order chi connectivity index (χ1) is 14.4. The summed E-state index contributed by atoms with van der Waals surface area (Å²) in [7, 11) is 1.57. The molecule has 2 aromatic rings. The van der Waals surface area contributed by atoms with Crippen molar-refractivity contribution in [1.29, 1.82) is 5.26 Å². The van der Waals surface area contributed by atoms with Gasteiger partial charge >= 0.3 is 0 Å². The van der Waals surface area contributed by atoms with E-state index in [0.29, 0.717) is 27.1 Å². The molecule has 0 bridgehead atoms. The van der Waals surface area contributed by atoms with Gasteiger partial charge in [-0.25, -0.2) is 0 Å². The van der Waals surface area contributed by atoms with Crippen molar-refractivity contribution in [2.45, 2.75) is 12.3 Å². The lowest BCUT2D eigenvalue weighted by atomic mass is 9.87. The number of hydrogen-bond acceptors (Lipinski definition) is 5. The number of carbonyl (C=O) groups excluding carboxylic acids is 2. The molecular formula is C21H17BrClN3O3S. The van der Waals surface area contributed by atoms with Gasteiger partial charge in [0.15, 0.2) is 0 Å². The molecule has 154 valence electrons. The molecule has 0 saturated heterocycles. The molecule has 0 saturated carbocycles. The number of ether oxygens (including phenoxy) is 1. The van der Waals surface area contributed by atoms with E-state index in [-0.39, 0.29) is 29.9 Å². The fraction of sp³-hybridized carbons (Fsp3) is 0.190. The van der Waals surface area contributed by atoms with Crippen molar-refractivity contribution < 1.29 is 14.3 Å². The van der Waals surface area contributed by atoms with Crippen molar-refractivity contribution in [3.8, 4) is 11.8 Å². The molecule has 6 nitrogen and oxygen atoms in total. The quantitative estimate of drug-likeness (QED) is 0.586. The van der Waals surface area contributed by atoms with E-state index in [1.165, 1.54) is 0 Å². The van der Waals surface area contributed by atoms with Crippen molar-refractivity contribution in [2.24, 2.45) is 0 Å². The van der Waals surface area contributed by atoms with Crippen LogP contribution < -0.4 is 15.4 Å². The van der Waals surface area contributed by atoms with Crippen LogP contribution in [0.2, 0.25) is 5.02 Å². The van der Waals surface area contributed by atoms with E-state index in [0.717, 1.165) is 21.8 Å². The number of methoxy groups -OCH3 is 1. The molecule has 9 heteroatoms. The third-order valence-corrected chi connectivity index (χ3v) is 6.25. The lowest BCUT2D eigenvalue weighted by molar-refractivity contribution is -0.121. The number of thioether (sulfide) groups is 1. The maximum Gasteiger partial charge on any atom is 0.234 e. The van der Waals surface area contributed by atoms with Gasteiger partial charge in [0.1, 0.15) is 5.75 Å². The second-order valence-electron chi connectivity index (χ2n) is 6.39. The Balaban J connectivity index is 1.75. The number of halogens is 2. The highest BCUT2D eigenvalue weighted by Crippen LogP contribution is 2.36. The van der Waals surface area contributed by atoms with Gasteiger partial charge in [0, 0.05) is 16.8 Å². The molecule has 1 aliphatic rings. The number of anilines is 1. The number of nitrogens with one attached hydrogen (secondary N) is 2. The first-order valence-corrected chi connectivity index (χ1v) is 11.0. The third-order valence-electron chi connectivity index (χ3n) is 4.43. The molecule has 0 spiro atoms. The number of nitrogens with zero attached hydrogens (tertiary/aromatic N) is 1. The van der Waals surface area contributed by atoms with Crippen LogP contribution >= 0.6 is 39.3 Å². The Morgan fingerprint density at radius 3 is 2.73 bits per heavy atom. The Hall–Kier alpha value is -2.47. The number of amides is 2. The predicted octanol–water partition coefficient (Wildman–Crippen LogP) is 4.82. The molecule has 30 heavy (non-hydrogen) atoms. The highest BCUT2D eigenvalue weighted by molar-refractivity contribution is 9.10. The number of allylic oxidation sites excluding steroid dienone is 1. The minimum absolute atomic E-state index is 0.0164. The van der Waals surface area contributed by atoms with E-state index < -0.39 is 0 Å². The molecule has 0 aliphatic carbocycles. The smallest absolute Gasteiger partial charge is 0.234 e. The van der Waals surface area contributed by atoms with Crippen LogP contribution in [0.5, 0.6) is 5.75 Å². The first-order valence-electron chi connectivity index (χ1n) is 8.87. The molecule has 3 rings (SSSR count). The molecule has 0 aromatic heterocycles. The van der Waals surface area contributed by atoms with Crippen molar-refractivity contribution in [2.75, 3.05) is 18.2 Å². The molecule has 1 atom stereocenters. The normalized spacial score (nSPS) is 15.9. The van der Waals surface area contributed by atoms with E-state index in [1.54, 1.807) is 37.4 Å². The van der Waals surface area contributed by atoms with Gasteiger partial charge in [0.25, 0.3) is 0 Å². The standard InChI is InChI=1S/C21H17BrClN3O3S/c1-29-14-5-2-12(3-6-14)15-9-19(27)26-21(16(15)10-24)30-11-20(28)25-18-7-4-13(22)8-17(18)23/h2-8,15H,9,11H2,1H3,(H,25,28)(H,26,27)/t15-/m1/s1. The molecule has 1 aliphatic heterocycles. The van der Waals surface area contributed by atoms with Crippen molar-refractivity contribution in [3.63, 3.8) is 0 Å². The van der Waals surface area contributed by atoms with Crippen LogP contribution in [0.1, 0.15) is 17.9 Å². The van der Waals surface area contributed by atoms with Crippen LogP contribution in [0, 0.1) is 11.3 Å². The van der Waals surface area contributed by atoms with Crippen LogP contribution in [-0.2, 0) is 9.59 Å². The fourth-order valence-electron chi connectivity index (χ4n) is 2.97. The highest BCUT2D eigenvalue weighted by atomic mass is 79.9. The number of hydrogen-bond donors (Lipinski definition) is 2. The molecule has 2 amide bonds. The van der Waals surface area contributed by atoms with Gasteiger partial charge in [-0.1, -0.05) is 51.4 Å². The van der Waals surface area contributed by atoms with Gasteiger partial charge in [-0.3, -0.25) is 9.59 Å². The molecule has 0 unspecified atom stereocenters. The third kappa shape index (κ3) is 5.36. The zero-order valence-corrected chi connectivity index (χ0v) is 19.0. The average molecular weight is 507 g/mol. The summed E-state index contributed by atoms with van der Waals surface area (Å²) in [5.74, 6) is -0.160. The Morgan fingerprint density at radius 2 is 2.10 bits per heavy atom. The maximum absolute atomic E-state index is 12.4. The zero-order valence-electron chi connectivity index (χ0n) is 15.9. The molecule has 0 radical (unpaired) electrons. The first kappa shape index (κ1) is 22.2. The maximum atomic E-state index is 12.4. The number of carbonyl (C=O) groups is 2. The van der Waals surface area contributed by atoms with Crippen molar-refractivity contribution >= 4 is 56.8 Å². The van der Waals surface area contributed by atoms with E-state index in [1.807, 2.05) is 12.1 Å². The Bertz CT molecular complexity index is 1050. The SMILES string of the molecule is COc1ccc([C@H]2CC(=O)NC(SCC(=O)Nc3ccc(Br)cc3Cl)=C2C#N)cc1. The Kier molecular flexibility index (Phi) is 7.43. The summed E-state index contributed by atoms with van der Waals surface area (Å²) in [4.78, 5) is 24.6. The van der Waals surface area contributed by atoms with E-state index >= 15 is 0 Å². The summed E-state index contributed by atoms with van der Waals surface area (Å²) < 4.78 is 5.97. The lowest BCUT2D eigenvalue weighted by Crippen LogP contribution is -2.31. The average Bonchev–Trinajstić information content (AvgIpc) is 2.74. The minimum Gasteiger partial charge on any atom is -0.497 e. The number of nitriles is 1. The second-order valence-corrected chi connectivity index (χ2v) is 8.70. The molecule has 2 N–H and O–H groups in total. The van der Waals surface area contributed by atoms with Crippen molar-refractivity contribution in [1.82, 2.24) is 5.32 Å². The van der Waals surface area contributed by atoms with Crippen LogP contribution in [0.3, 0.4) is 0 Å². The topological polar surface area (TPSA) is 91.2 Å². The minimum atomic E-state index is -0.374. The Labute approximate surface area is 191 Å².